The molecule has 1 aromatic heterocycles. The van der Waals surface area contributed by atoms with Gasteiger partial charge in [-0.1, -0.05) is 24.3 Å². The molecule has 30 heavy (non-hydrogen) atoms. The summed E-state index contributed by atoms with van der Waals surface area (Å²) in [5.41, 5.74) is 2.48. The van der Waals surface area contributed by atoms with E-state index in [-0.39, 0.29) is 17.6 Å². The molecule has 1 aliphatic carbocycles. The third-order valence-electron chi connectivity index (χ3n) is 5.99. The van der Waals surface area contributed by atoms with E-state index < -0.39 is 0 Å². The van der Waals surface area contributed by atoms with Crippen molar-refractivity contribution in [1.29, 1.82) is 0 Å². The van der Waals surface area contributed by atoms with Crippen LogP contribution in [-0.4, -0.2) is 23.3 Å². The lowest BCUT2D eigenvalue weighted by Gasteiger charge is -2.17. The van der Waals surface area contributed by atoms with Crippen molar-refractivity contribution in [3.05, 3.63) is 70.6 Å². The Morgan fingerprint density at radius 1 is 1.07 bits per heavy atom. The second-order valence-electron chi connectivity index (χ2n) is 8.09. The summed E-state index contributed by atoms with van der Waals surface area (Å²) in [4.78, 5) is 17.8. The molecule has 0 amide bonds. The molecule has 2 atom stereocenters. The van der Waals surface area contributed by atoms with E-state index in [1.165, 1.54) is 12.8 Å². The van der Waals surface area contributed by atoms with E-state index in [4.69, 9.17) is 9.47 Å². The van der Waals surface area contributed by atoms with Crippen LogP contribution in [0.2, 0.25) is 0 Å². The lowest BCUT2D eigenvalue weighted by atomic mass is 10.0. The van der Waals surface area contributed by atoms with Gasteiger partial charge in [-0.3, -0.25) is 9.36 Å². The van der Waals surface area contributed by atoms with Gasteiger partial charge in [-0.25, -0.2) is 4.98 Å². The van der Waals surface area contributed by atoms with Crippen molar-refractivity contribution in [2.24, 2.45) is 5.92 Å². The molecule has 2 aliphatic rings. The number of nitrogens with zero attached hydrogens (tertiary/aromatic N) is 2. The molecular weight excluding hydrogens is 378 g/mol. The summed E-state index contributed by atoms with van der Waals surface area (Å²) in [7, 11) is 1.63. The van der Waals surface area contributed by atoms with Gasteiger partial charge in [0.05, 0.1) is 31.4 Å². The first-order valence-corrected chi connectivity index (χ1v) is 10.4. The molecule has 1 N–H and O–H groups in total. The molecule has 154 valence electrons. The smallest absolute Gasteiger partial charge is 0.263 e. The van der Waals surface area contributed by atoms with Crippen LogP contribution in [-0.2, 0) is 0 Å². The van der Waals surface area contributed by atoms with Crippen LogP contribution in [0, 0.1) is 5.92 Å². The van der Waals surface area contributed by atoms with Crippen LogP contribution in [0.5, 0.6) is 11.5 Å². The van der Waals surface area contributed by atoms with E-state index >= 15 is 0 Å². The van der Waals surface area contributed by atoms with Gasteiger partial charge in [0, 0.05) is 6.20 Å². The normalized spacial score (nSPS) is 19.8. The number of ether oxygens (including phenoxy) is 2. The van der Waals surface area contributed by atoms with Gasteiger partial charge in [0.1, 0.15) is 11.5 Å². The minimum absolute atomic E-state index is 0.0196. The molecule has 2 unspecified atom stereocenters. The Hall–Kier alpha value is -3.28. The Morgan fingerprint density at radius 3 is 2.43 bits per heavy atom. The number of benzene rings is 2. The third kappa shape index (κ3) is 3.43. The van der Waals surface area contributed by atoms with Gasteiger partial charge in [0.25, 0.3) is 5.56 Å². The lowest BCUT2D eigenvalue weighted by Crippen LogP contribution is -2.23. The van der Waals surface area contributed by atoms with E-state index in [1.54, 1.807) is 17.9 Å². The number of hydrogen-bond donors (Lipinski definition) is 1. The fourth-order valence-corrected chi connectivity index (χ4v) is 3.96. The average molecular weight is 403 g/mol. The highest BCUT2D eigenvalue weighted by Crippen LogP contribution is 2.37. The number of rotatable bonds is 6. The Labute approximate surface area is 175 Å². The highest BCUT2D eigenvalue weighted by atomic mass is 16.5. The summed E-state index contributed by atoms with van der Waals surface area (Å²) in [6.45, 7) is 2.85. The first-order chi connectivity index (χ1) is 14.6. The predicted molar refractivity (Wildman–Crippen MR) is 116 cm³/mol. The van der Waals surface area contributed by atoms with E-state index in [0.29, 0.717) is 11.5 Å². The number of fused-ring (bicyclic) bond motifs is 1. The van der Waals surface area contributed by atoms with Crippen LogP contribution >= 0.6 is 0 Å². The Bertz CT molecular complexity index is 1100. The molecule has 1 aliphatic heterocycles. The van der Waals surface area contributed by atoms with E-state index in [9.17, 15) is 4.79 Å². The molecule has 0 saturated heterocycles. The molecule has 1 saturated carbocycles. The molecule has 0 spiro atoms. The lowest BCUT2D eigenvalue weighted by molar-refractivity contribution is 0.299. The van der Waals surface area contributed by atoms with Gasteiger partial charge in [-0.2, -0.15) is 0 Å². The summed E-state index contributed by atoms with van der Waals surface area (Å²) >= 11 is 0. The molecule has 5 rings (SSSR count). The first kappa shape index (κ1) is 18.7. The maximum Gasteiger partial charge on any atom is 0.263 e. The highest BCUT2D eigenvalue weighted by Gasteiger charge is 2.32. The fraction of sp³-hybridized carbons (Fsp3) is 0.333. The number of nitrogens with one attached hydrogen (secondary N) is 1. The summed E-state index contributed by atoms with van der Waals surface area (Å²) in [6.07, 6.45) is 4.20. The van der Waals surface area contributed by atoms with Gasteiger partial charge in [-0.05, 0) is 61.1 Å². The molecule has 1 fully saturated rings. The topological polar surface area (TPSA) is 65.4 Å². The van der Waals surface area contributed by atoms with Gasteiger partial charge < -0.3 is 14.8 Å². The molecule has 6 heteroatoms. The Balaban J connectivity index is 1.39. The summed E-state index contributed by atoms with van der Waals surface area (Å²) in [6, 6.07) is 15.5. The maximum atomic E-state index is 13.2. The molecule has 6 nitrogen and oxygen atoms in total. The van der Waals surface area contributed by atoms with Crippen LogP contribution in [0.1, 0.15) is 37.4 Å². The molecule has 0 radical (unpaired) electrons. The van der Waals surface area contributed by atoms with Crippen molar-refractivity contribution in [2.75, 3.05) is 19.0 Å². The zero-order valence-corrected chi connectivity index (χ0v) is 17.2. The van der Waals surface area contributed by atoms with Crippen LogP contribution in [0.4, 0.5) is 5.95 Å². The molecule has 2 aromatic carbocycles. The standard InChI is InChI=1S/C24H25N3O3/c1-15-22(18-7-11-20(12-8-18)30-14-16-3-4-16)26-24-25-13-21(23(28)27(15)24)17-5-9-19(29-2)10-6-17/h5-13,15-16,22H,3-4,14H2,1-2H3,(H,25,26). The van der Waals surface area contributed by atoms with Crippen molar-refractivity contribution < 1.29 is 9.47 Å². The highest BCUT2D eigenvalue weighted by molar-refractivity contribution is 5.63. The van der Waals surface area contributed by atoms with Crippen LogP contribution in [0.25, 0.3) is 11.1 Å². The van der Waals surface area contributed by atoms with Crippen LogP contribution < -0.4 is 20.3 Å². The van der Waals surface area contributed by atoms with Crippen LogP contribution in [0.3, 0.4) is 0 Å². The maximum absolute atomic E-state index is 13.2. The number of anilines is 1. The second kappa shape index (κ2) is 7.52. The predicted octanol–water partition coefficient (Wildman–Crippen LogP) is 4.44. The average Bonchev–Trinajstić information content (AvgIpc) is 3.55. The van der Waals surface area contributed by atoms with Gasteiger partial charge in [0.2, 0.25) is 5.95 Å². The zero-order chi connectivity index (χ0) is 20.7. The molecule has 2 heterocycles. The van der Waals surface area contributed by atoms with Crippen molar-refractivity contribution in [2.45, 2.75) is 31.8 Å². The summed E-state index contributed by atoms with van der Waals surface area (Å²) < 4.78 is 12.8. The summed E-state index contributed by atoms with van der Waals surface area (Å²) in [5, 5.41) is 3.41. The van der Waals surface area contributed by atoms with Crippen molar-refractivity contribution in [3.63, 3.8) is 0 Å². The van der Waals surface area contributed by atoms with Gasteiger partial charge in [0.15, 0.2) is 0 Å². The van der Waals surface area contributed by atoms with Crippen molar-refractivity contribution in [1.82, 2.24) is 9.55 Å². The minimum Gasteiger partial charge on any atom is -0.497 e. The van der Waals surface area contributed by atoms with E-state index in [0.717, 1.165) is 35.2 Å². The number of hydrogen-bond acceptors (Lipinski definition) is 5. The number of methoxy groups -OCH3 is 1. The van der Waals surface area contributed by atoms with Gasteiger partial charge in [-0.15, -0.1) is 0 Å². The molecule has 3 aromatic rings. The SMILES string of the molecule is COc1ccc(-c2cnc3n(c2=O)C(C)C(c2ccc(OCC4CC4)cc2)N3)cc1. The van der Waals surface area contributed by atoms with Crippen molar-refractivity contribution in [3.8, 4) is 22.6 Å². The largest absolute Gasteiger partial charge is 0.497 e. The monoisotopic (exact) mass is 403 g/mol. The Kier molecular flexibility index (Phi) is 4.69. The van der Waals surface area contributed by atoms with Gasteiger partial charge >= 0.3 is 0 Å². The third-order valence-corrected chi connectivity index (χ3v) is 5.99. The Morgan fingerprint density at radius 2 is 1.77 bits per heavy atom. The molecule has 0 bridgehead atoms. The fourth-order valence-electron chi connectivity index (χ4n) is 3.96. The summed E-state index contributed by atoms with van der Waals surface area (Å²) in [5.74, 6) is 2.98. The second-order valence-corrected chi connectivity index (χ2v) is 8.09. The van der Waals surface area contributed by atoms with Crippen molar-refractivity contribution >= 4 is 5.95 Å². The zero-order valence-electron chi connectivity index (χ0n) is 17.2. The number of aromatic nitrogens is 2. The van der Waals surface area contributed by atoms with Crippen LogP contribution in [0.15, 0.2) is 59.5 Å². The van der Waals surface area contributed by atoms with E-state index in [2.05, 4.69) is 22.4 Å². The van der Waals surface area contributed by atoms with E-state index in [1.807, 2.05) is 43.3 Å². The first-order valence-electron chi connectivity index (χ1n) is 10.4. The quantitative estimate of drug-likeness (QED) is 0.659. The molecular formula is C24H25N3O3. The minimum atomic E-state index is -0.0589.